The van der Waals surface area contributed by atoms with Crippen molar-refractivity contribution in [2.24, 2.45) is 0 Å². The van der Waals surface area contributed by atoms with Crippen LogP contribution in [0.15, 0.2) is 12.1 Å². The molecule has 6 nitrogen and oxygen atoms in total. The van der Waals surface area contributed by atoms with Gasteiger partial charge in [0.05, 0.1) is 5.69 Å². The molecule has 0 aromatic carbocycles. The minimum Gasteiger partial charge on any atom is -0.349 e. The number of rotatable bonds is 5. The lowest BCUT2D eigenvalue weighted by Crippen LogP contribution is -2.46. The van der Waals surface area contributed by atoms with Gasteiger partial charge in [-0.3, -0.25) is 14.5 Å². The zero-order valence-corrected chi connectivity index (χ0v) is 10.2. The van der Waals surface area contributed by atoms with Crippen molar-refractivity contribution in [3.05, 3.63) is 23.5 Å². The van der Waals surface area contributed by atoms with Crippen molar-refractivity contribution in [3.8, 4) is 0 Å². The molecule has 18 heavy (non-hydrogen) atoms. The van der Waals surface area contributed by atoms with Crippen LogP contribution in [-0.4, -0.2) is 61.3 Å². The van der Waals surface area contributed by atoms with E-state index in [0.717, 1.165) is 32.7 Å². The number of amides is 1. The molecule has 0 spiro atoms. The van der Waals surface area contributed by atoms with Crippen LogP contribution in [0.2, 0.25) is 0 Å². The number of hydrogen-bond acceptors (Lipinski definition) is 4. The molecule has 2 rings (SSSR count). The molecule has 1 fully saturated rings. The summed E-state index contributed by atoms with van der Waals surface area (Å²) in [6.07, 6.45) is 0.692. The molecular formula is C12H18N4O2. The zero-order chi connectivity index (χ0) is 12.8. The van der Waals surface area contributed by atoms with Gasteiger partial charge in [-0.2, -0.15) is 0 Å². The SMILES string of the molecule is O=Cc1ccc(C(=O)NCCN2CCNCC2)[nH]1. The third-order valence-electron chi connectivity index (χ3n) is 3.00. The number of hydrogen-bond donors (Lipinski definition) is 3. The van der Waals surface area contributed by atoms with Gasteiger partial charge in [-0.1, -0.05) is 0 Å². The fourth-order valence-electron chi connectivity index (χ4n) is 1.97. The Morgan fingerprint density at radius 3 is 2.83 bits per heavy atom. The Bertz CT molecular complexity index is 410. The molecule has 1 saturated heterocycles. The highest BCUT2D eigenvalue weighted by atomic mass is 16.2. The van der Waals surface area contributed by atoms with Gasteiger partial charge in [0.2, 0.25) is 0 Å². The van der Waals surface area contributed by atoms with Crippen LogP contribution in [0.3, 0.4) is 0 Å². The minimum atomic E-state index is -0.168. The number of H-pyrrole nitrogens is 1. The molecule has 0 radical (unpaired) electrons. The van der Waals surface area contributed by atoms with Crippen LogP contribution >= 0.6 is 0 Å². The van der Waals surface area contributed by atoms with Gasteiger partial charge in [0, 0.05) is 39.3 Å². The molecule has 98 valence electrons. The molecule has 0 unspecified atom stereocenters. The molecule has 6 heteroatoms. The highest BCUT2D eigenvalue weighted by molar-refractivity contribution is 5.93. The van der Waals surface area contributed by atoms with Crippen molar-refractivity contribution in [2.75, 3.05) is 39.3 Å². The second kappa shape index (κ2) is 6.32. The molecule has 1 aromatic heterocycles. The van der Waals surface area contributed by atoms with Gasteiger partial charge in [0.25, 0.3) is 5.91 Å². The molecule has 2 heterocycles. The Balaban J connectivity index is 1.72. The largest absolute Gasteiger partial charge is 0.349 e. The second-order valence-corrected chi connectivity index (χ2v) is 4.29. The Morgan fingerprint density at radius 2 is 2.17 bits per heavy atom. The number of piperazine rings is 1. The predicted molar refractivity (Wildman–Crippen MR) is 67.8 cm³/mol. The minimum absolute atomic E-state index is 0.168. The van der Waals surface area contributed by atoms with Crippen LogP contribution in [0, 0.1) is 0 Å². The van der Waals surface area contributed by atoms with Crippen molar-refractivity contribution in [1.82, 2.24) is 20.5 Å². The average molecular weight is 250 g/mol. The molecule has 1 amide bonds. The summed E-state index contributed by atoms with van der Waals surface area (Å²) in [5.74, 6) is -0.168. The van der Waals surface area contributed by atoms with Crippen LogP contribution in [0.5, 0.6) is 0 Å². The molecule has 0 aliphatic carbocycles. The number of nitrogens with one attached hydrogen (secondary N) is 3. The molecule has 1 aromatic rings. The van der Waals surface area contributed by atoms with Crippen LogP contribution in [0.4, 0.5) is 0 Å². The molecule has 0 saturated carbocycles. The fourth-order valence-corrected chi connectivity index (χ4v) is 1.97. The maximum absolute atomic E-state index is 11.7. The van der Waals surface area contributed by atoms with Gasteiger partial charge in [-0.15, -0.1) is 0 Å². The van der Waals surface area contributed by atoms with Crippen molar-refractivity contribution in [2.45, 2.75) is 0 Å². The standard InChI is InChI=1S/C12H18N4O2/c17-9-10-1-2-11(15-10)12(18)14-5-8-16-6-3-13-4-7-16/h1-2,9,13,15H,3-8H2,(H,14,18). The summed E-state index contributed by atoms with van der Waals surface area (Å²) in [5.41, 5.74) is 0.847. The van der Waals surface area contributed by atoms with E-state index in [4.69, 9.17) is 0 Å². The van der Waals surface area contributed by atoms with E-state index in [1.165, 1.54) is 0 Å². The lowest BCUT2D eigenvalue weighted by Gasteiger charge is -2.27. The van der Waals surface area contributed by atoms with E-state index in [-0.39, 0.29) is 5.91 Å². The Labute approximate surface area is 106 Å². The summed E-state index contributed by atoms with van der Waals surface area (Å²) in [5, 5.41) is 6.12. The first-order valence-electron chi connectivity index (χ1n) is 6.15. The van der Waals surface area contributed by atoms with Crippen LogP contribution in [-0.2, 0) is 0 Å². The summed E-state index contributed by atoms with van der Waals surface area (Å²) in [6, 6.07) is 3.21. The van der Waals surface area contributed by atoms with Crippen molar-refractivity contribution >= 4 is 12.2 Å². The van der Waals surface area contributed by atoms with Crippen LogP contribution in [0.25, 0.3) is 0 Å². The lowest BCUT2D eigenvalue weighted by molar-refractivity contribution is 0.0943. The lowest BCUT2D eigenvalue weighted by atomic mass is 10.3. The van der Waals surface area contributed by atoms with Gasteiger partial charge in [0.1, 0.15) is 5.69 Å². The Hall–Kier alpha value is -1.66. The number of aldehydes is 1. The van der Waals surface area contributed by atoms with Gasteiger partial charge in [0.15, 0.2) is 6.29 Å². The highest BCUT2D eigenvalue weighted by Crippen LogP contribution is 1.99. The smallest absolute Gasteiger partial charge is 0.267 e. The first kappa shape index (κ1) is 12.8. The molecule has 1 aliphatic rings. The van der Waals surface area contributed by atoms with Crippen LogP contribution in [0.1, 0.15) is 21.0 Å². The maximum Gasteiger partial charge on any atom is 0.267 e. The fraction of sp³-hybridized carbons (Fsp3) is 0.500. The van der Waals surface area contributed by atoms with Crippen molar-refractivity contribution < 1.29 is 9.59 Å². The third kappa shape index (κ3) is 3.41. The molecular weight excluding hydrogens is 232 g/mol. The summed E-state index contributed by atoms with van der Waals surface area (Å²) in [7, 11) is 0. The maximum atomic E-state index is 11.7. The highest BCUT2D eigenvalue weighted by Gasteiger charge is 2.11. The number of aromatic amines is 1. The number of carbonyl (C=O) groups excluding carboxylic acids is 2. The molecule has 0 atom stereocenters. The van der Waals surface area contributed by atoms with E-state index < -0.39 is 0 Å². The average Bonchev–Trinajstić information content (AvgIpc) is 2.89. The van der Waals surface area contributed by atoms with E-state index in [2.05, 4.69) is 20.5 Å². The van der Waals surface area contributed by atoms with E-state index in [9.17, 15) is 9.59 Å². The van der Waals surface area contributed by atoms with Crippen molar-refractivity contribution in [1.29, 1.82) is 0 Å². The van der Waals surface area contributed by atoms with Gasteiger partial charge in [-0.05, 0) is 12.1 Å². The quantitative estimate of drug-likeness (QED) is 0.614. The topological polar surface area (TPSA) is 77.2 Å². The van der Waals surface area contributed by atoms with Gasteiger partial charge >= 0.3 is 0 Å². The normalized spacial score (nSPS) is 16.4. The second-order valence-electron chi connectivity index (χ2n) is 4.29. The van der Waals surface area contributed by atoms with E-state index >= 15 is 0 Å². The summed E-state index contributed by atoms with van der Waals surface area (Å²) in [6.45, 7) is 5.53. The van der Waals surface area contributed by atoms with E-state index in [1.807, 2.05) is 0 Å². The zero-order valence-electron chi connectivity index (χ0n) is 10.2. The van der Waals surface area contributed by atoms with Crippen LogP contribution < -0.4 is 10.6 Å². The monoisotopic (exact) mass is 250 g/mol. The predicted octanol–water partition coefficient (Wildman–Crippen LogP) is -0.538. The Morgan fingerprint density at radius 1 is 1.39 bits per heavy atom. The first-order chi connectivity index (χ1) is 8.79. The van der Waals surface area contributed by atoms with Crippen molar-refractivity contribution in [3.63, 3.8) is 0 Å². The molecule has 3 N–H and O–H groups in total. The summed E-state index contributed by atoms with van der Waals surface area (Å²) < 4.78 is 0. The Kier molecular flexibility index (Phi) is 4.49. The molecule has 0 bridgehead atoms. The summed E-state index contributed by atoms with van der Waals surface area (Å²) >= 11 is 0. The van der Waals surface area contributed by atoms with Gasteiger partial charge in [-0.25, -0.2) is 0 Å². The van der Waals surface area contributed by atoms with E-state index in [1.54, 1.807) is 12.1 Å². The number of nitrogens with zero attached hydrogens (tertiary/aromatic N) is 1. The third-order valence-corrected chi connectivity index (χ3v) is 3.00. The first-order valence-corrected chi connectivity index (χ1v) is 6.15. The van der Waals surface area contributed by atoms with E-state index in [0.29, 0.717) is 24.2 Å². The molecule has 1 aliphatic heterocycles. The van der Waals surface area contributed by atoms with Gasteiger partial charge < -0.3 is 15.6 Å². The summed E-state index contributed by atoms with van der Waals surface area (Å²) in [4.78, 5) is 27.3. The number of aromatic nitrogens is 1. The number of carbonyl (C=O) groups is 2.